The molecule has 1 atom stereocenters. The number of anilines is 1. The number of halogens is 1. The highest BCUT2D eigenvalue weighted by atomic mass is 79.9. The van der Waals surface area contributed by atoms with Crippen molar-refractivity contribution in [2.45, 2.75) is 6.04 Å². The lowest BCUT2D eigenvalue weighted by atomic mass is 10.0. The molecule has 0 aliphatic carbocycles. The van der Waals surface area contributed by atoms with Crippen LogP contribution in [0.4, 0.5) is 5.69 Å². The Morgan fingerprint density at radius 1 is 1.25 bits per heavy atom. The Labute approximate surface area is 146 Å². The van der Waals surface area contributed by atoms with Crippen LogP contribution in [-0.2, 0) is 9.59 Å². The van der Waals surface area contributed by atoms with Crippen LogP contribution in [0, 0.1) is 0 Å². The van der Waals surface area contributed by atoms with Crippen molar-refractivity contribution in [2.24, 2.45) is 10.8 Å². The molecule has 0 radical (unpaired) electrons. The molecular weight excluding hydrogens is 372 g/mol. The first-order valence-corrected chi connectivity index (χ1v) is 7.89. The third-order valence-electron chi connectivity index (χ3n) is 3.60. The number of benzene rings is 2. The highest BCUT2D eigenvalue weighted by molar-refractivity contribution is 9.10. The van der Waals surface area contributed by atoms with E-state index in [1.165, 1.54) is 5.01 Å². The van der Waals surface area contributed by atoms with Gasteiger partial charge in [0.05, 0.1) is 11.4 Å². The van der Waals surface area contributed by atoms with Gasteiger partial charge in [0.25, 0.3) is 5.91 Å². The van der Waals surface area contributed by atoms with Gasteiger partial charge in [-0.15, -0.1) is 0 Å². The molecule has 120 valence electrons. The number of nitrogens with two attached hydrogens (primary N) is 1. The number of hydrazine groups is 2. The highest BCUT2D eigenvalue weighted by Crippen LogP contribution is 2.30. The molecule has 2 aromatic carbocycles. The fourth-order valence-electron chi connectivity index (χ4n) is 2.54. The molecule has 6 nitrogen and oxygen atoms in total. The molecule has 1 aliphatic heterocycles. The van der Waals surface area contributed by atoms with Crippen molar-refractivity contribution in [3.8, 4) is 0 Å². The van der Waals surface area contributed by atoms with Gasteiger partial charge >= 0.3 is 0 Å². The lowest BCUT2D eigenvalue weighted by Gasteiger charge is -2.22. The SMILES string of the molecule is NNN1C(=O)C(C=C=O)N=C(c2ccccc2)c2cc(Br)ccc21. The van der Waals surface area contributed by atoms with E-state index >= 15 is 0 Å². The second-order valence-corrected chi connectivity index (χ2v) is 5.95. The Balaban J connectivity index is 2.31. The maximum atomic E-state index is 12.6. The van der Waals surface area contributed by atoms with Crippen LogP contribution in [0.15, 0.2) is 64.1 Å². The van der Waals surface area contributed by atoms with Crippen molar-refractivity contribution in [3.63, 3.8) is 0 Å². The van der Waals surface area contributed by atoms with Crippen LogP contribution in [-0.4, -0.2) is 23.6 Å². The normalized spacial score (nSPS) is 16.8. The molecule has 24 heavy (non-hydrogen) atoms. The first-order chi connectivity index (χ1) is 11.7. The summed E-state index contributed by atoms with van der Waals surface area (Å²) in [5.74, 6) is 6.72. The Kier molecular flexibility index (Phi) is 4.69. The molecule has 0 saturated heterocycles. The molecule has 0 aromatic heterocycles. The van der Waals surface area contributed by atoms with E-state index in [-0.39, 0.29) is 0 Å². The van der Waals surface area contributed by atoms with Crippen molar-refractivity contribution in [2.75, 3.05) is 5.01 Å². The van der Waals surface area contributed by atoms with Crippen molar-refractivity contribution in [1.82, 2.24) is 5.53 Å². The molecule has 0 spiro atoms. The Bertz CT molecular complexity index is 860. The zero-order chi connectivity index (χ0) is 17.1. The summed E-state index contributed by atoms with van der Waals surface area (Å²) in [6.07, 6.45) is 1.08. The number of nitrogens with one attached hydrogen (secondary N) is 1. The lowest BCUT2D eigenvalue weighted by Crippen LogP contribution is -2.50. The Hall–Kier alpha value is -2.57. The van der Waals surface area contributed by atoms with Crippen LogP contribution in [0.25, 0.3) is 0 Å². The minimum absolute atomic E-state index is 0.463. The average molecular weight is 385 g/mol. The van der Waals surface area contributed by atoms with Gasteiger partial charge in [-0.3, -0.25) is 15.6 Å². The molecule has 7 heteroatoms. The van der Waals surface area contributed by atoms with Crippen molar-refractivity contribution < 1.29 is 9.59 Å². The number of amides is 1. The summed E-state index contributed by atoms with van der Waals surface area (Å²) in [6, 6.07) is 13.8. The first kappa shape index (κ1) is 16.3. The Morgan fingerprint density at radius 3 is 2.67 bits per heavy atom. The number of carbonyl (C=O) groups excluding carboxylic acids is 2. The largest absolute Gasteiger partial charge is 0.272 e. The first-order valence-electron chi connectivity index (χ1n) is 7.10. The second-order valence-electron chi connectivity index (χ2n) is 5.04. The van der Waals surface area contributed by atoms with E-state index in [0.717, 1.165) is 16.1 Å². The van der Waals surface area contributed by atoms with Gasteiger partial charge in [0.15, 0.2) is 6.04 Å². The van der Waals surface area contributed by atoms with E-state index in [0.29, 0.717) is 17.0 Å². The molecule has 1 aliphatic rings. The predicted octanol–water partition coefficient (Wildman–Crippen LogP) is 1.77. The van der Waals surface area contributed by atoms with Crippen molar-refractivity contribution in [1.29, 1.82) is 0 Å². The number of hydrogen-bond donors (Lipinski definition) is 2. The number of benzodiazepines with no additional fused rings is 1. The highest BCUT2D eigenvalue weighted by Gasteiger charge is 2.31. The number of hydrogen-bond acceptors (Lipinski definition) is 5. The van der Waals surface area contributed by atoms with Gasteiger partial charge in [-0.1, -0.05) is 46.3 Å². The smallest absolute Gasteiger partial charge is 0.270 e. The summed E-state index contributed by atoms with van der Waals surface area (Å²) >= 11 is 3.44. The van der Waals surface area contributed by atoms with E-state index in [9.17, 15) is 9.59 Å². The van der Waals surface area contributed by atoms with Crippen LogP contribution in [0.2, 0.25) is 0 Å². The van der Waals surface area contributed by atoms with Gasteiger partial charge in [0.2, 0.25) is 0 Å². The molecule has 3 N–H and O–H groups in total. The molecule has 1 unspecified atom stereocenters. The van der Waals surface area contributed by atoms with Crippen LogP contribution >= 0.6 is 15.9 Å². The molecule has 1 amide bonds. The zero-order valence-electron chi connectivity index (χ0n) is 12.4. The summed E-state index contributed by atoms with van der Waals surface area (Å²) in [5, 5.41) is 1.18. The van der Waals surface area contributed by atoms with E-state index < -0.39 is 11.9 Å². The maximum absolute atomic E-state index is 12.6. The van der Waals surface area contributed by atoms with E-state index in [2.05, 4.69) is 26.5 Å². The fraction of sp³-hybridized carbons (Fsp3) is 0.0588. The van der Waals surface area contributed by atoms with E-state index in [1.54, 1.807) is 18.1 Å². The van der Waals surface area contributed by atoms with Gasteiger partial charge in [0.1, 0.15) is 5.94 Å². The molecule has 0 fully saturated rings. The van der Waals surface area contributed by atoms with Gasteiger partial charge < -0.3 is 0 Å². The Morgan fingerprint density at radius 2 is 2.00 bits per heavy atom. The van der Waals surface area contributed by atoms with Crippen LogP contribution < -0.4 is 16.4 Å². The third-order valence-corrected chi connectivity index (χ3v) is 4.09. The number of rotatable bonds is 3. The molecule has 0 saturated carbocycles. The molecule has 3 rings (SSSR count). The summed E-state index contributed by atoms with van der Waals surface area (Å²) in [5.41, 5.74) is 5.06. The second kappa shape index (κ2) is 6.90. The molecule has 2 aromatic rings. The van der Waals surface area contributed by atoms with Crippen molar-refractivity contribution in [3.05, 3.63) is 70.2 Å². The predicted molar refractivity (Wildman–Crippen MR) is 95.1 cm³/mol. The minimum atomic E-state index is -1.01. The quantitative estimate of drug-likeness (QED) is 0.479. The van der Waals surface area contributed by atoms with Crippen LogP contribution in [0.5, 0.6) is 0 Å². The molecule has 1 heterocycles. The minimum Gasteiger partial charge on any atom is -0.270 e. The van der Waals surface area contributed by atoms with Crippen molar-refractivity contribution >= 4 is 39.2 Å². The van der Waals surface area contributed by atoms with Crippen LogP contribution in [0.3, 0.4) is 0 Å². The van der Waals surface area contributed by atoms with Gasteiger partial charge in [-0.05, 0) is 18.2 Å². The van der Waals surface area contributed by atoms with E-state index in [4.69, 9.17) is 5.84 Å². The fourth-order valence-corrected chi connectivity index (χ4v) is 2.90. The summed E-state index contributed by atoms with van der Waals surface area (Å²) < 4.78 is 0.832. The summed E-state index contributed by atoms with van der Waals surface area (Å²) in [7, 11) is 0. The molecular formula is C17H13BrN4O2. The monoisotopic (exact) mass is 384 g/mol. The lowest BCUT2D eigenvalue weighted by molar-refractivity contribution is -0.119. The van der Waals surface area contributed by atoms with E-state index in [1.807, 2.05) is 36.4 Å². The van der Waals surface area contributed by atoms with Crippen LogP contribution in [0.1, 0.15) is 11.1 Å². The summed E-state index contributed by atoms with van der Waals surface area (Å²) in [6.45, 7) is 0. The average Bonchev–Trinajstić information content (AvgIpc) is 2.71. The number of aliphatic imine (C=N–C) groups is 1. The van der Waals surface area contributed by atoms with Gasteiger partial charge in [0, 0.05) is 21.7 Å². The molecule has 0 bridgehead atoms. The van der Waals surface area contributed by atoms with Gasteiger partial charge in [-0.25, -0.2) is 9.80 Å². The standard InChI is InChI=1S/C17H13BrN4O2/c18-12-6-7-15-13(10-12)16(11-4-2-1-3-5-11)20-14(8-9-23)17(24)22(15)21-19/h1-8,10,14,21H,19H2. The number of carbonyl (C=O) groups is 1. The number of fused-ring (bicyclic) bond motifs is 1. The number of nitrogens with zero attached hydrogens (tertiary/aromatic N) is 2. The maximum Gasteiger partial charge on any atom is 0.272 e. The topological polar surface area (TPSA) is 87.8 Å². The van der Waals surface area contributed by atoms with Gasteiger partial charge in [-0.2, -0.15) is 5.53 Å². The summed E-state index contributed by atoms with van der Waals surface area (Å²) in [4.78, 5) is 28.0. The third kappa shape index (κ3) is 2.93. The zero-order valence-corrected chi connectivity index (χ0v) is 14.0.